The van der Waals surface area contributed by atoms with Gasteiger partial charge in [-0.3, -0.25) is 9.59 Å². The molecule has 2 N–H and O–H groups in total. The maximum atomic E-state index is 12.8. The molecule has 1 amide bonds. The standard InChI is InChI=1S/C16H16FNO3S/c17-13-3-1-11(2-4-13)14(19)5-6-16(21)18-9-15(20)12-7-8-22-10-12/h1-4,7-8,10,15,20H,5-6,9H2,(H,18,21). The second kappa shape index (κ2) is 7.82. The van der Waals surface area contributed by atoms with E-state index in [4.69, 9.17) is 0 Å². The van der Waals surface area contributed by atoms with E-state index >= 15 is 0 Å². The van der Waals surface area contributed by atoms with Gasteiger partial charge in [0.25, 0.3) is 0 Å². The summed E-state index contributed by atoms with van der Waals surface area (Å²) in [5.74, 6) is -0.921. The number of benzene rings is 1. The first-order chi connectivity index (χ1) is 10.6. The molecular weight excluding hydrogens is 305 g/mol. The van der Waals surface area contributed by atoms with Gasteiger partial charge in [0.05, 0.1) is 6.10 Å². The van der Waals surface area contributed by atoms with E-state index in [2.05, 4.69) is 5.32 Å². The Bertz CT molecular complexity index is 625. The summed E-state index contributed by atoms with van der Waals surface area (Å²) in [5, 5.41) is 16.1. The molecule has 0 saturated carbocycles. The predicted octanol–water partition coefficient (Wildman–Crippen LogP) is 2.70. The number of carbonyl (C=O) groups is 2. The molecule has 0 aliphatic carbocycles. The summed E-state index contributed by atoms with van der Waals surface area (Å²) in [6.45, 7) is 0.111. The summed E-state index contributed by atoms with van der Waals surface area (Å²) < 4.78 is 12.8. The minimum Gasteiger partial charge on any atom is -0.387 e. The molecule has 22 heavy (non-hydrogen) atoms. The van der Waals surface area contributed by atoms with Crippen molar-refractivity contribution in [2.75, 3.05) is 6.54 Å². The zero-order chi connectivity index (χ0) is 15.9. The Labute approximate surface area is 131 Å². The van der Waals surface area contributed by atoms with Crippen molar-refractivity contribution >= 4 is 23.0 Å². The van der Waals surface area contributed by atoms with Crippen LogP contribution in [-0.4, -0.2) is 23.3 Å². The minimum atomic E-state index is -0.747. The SMILES string of the molecule is O=C(CCC(=O)c1ccc(F)cc1)NCC(O)c1ccsc1. The zero-order valence-electron chi connectivity index (χ0n) is 11.8. The third kappa shape index (κ3) is 4.75. The highest BCUT2D eigenvalue weighted by Crippen LogP contribution is 2.15. The first-order valence-corrected chi connectivity index (χ1v) is 7.76. The zero-order valence-corrected chi connectivity index (χ0v) is 12.6. The highest BCUT2D eigenvalue weighted by Gasteiger charge is 2.12. The van der Waals surface area contributed by atoms with Crippen LogP contribution < -0.4 is 5.32 Å². The lowest BCUT2D eigenvalue weighted by Crippen LogP contribution is -2.28. The number of hydrogen-bond acceptors (Lipinski definition) is 4. The summed E-state index contributed by atoms with van der Waals surface area (Å²) in [6.07, 6.45) is -0.665. The molecule has 0 spiro atoms. The van der Waals surface area contributed by atoms with Crippen LogP contribution >= 0.6 is 11.3 Å². The van der Waals surface area contributed by atoms with Gasteiger partial charge < -0.3 is 10.4 Å². The largest absolute Gasteiger partial charge is 0.387 e. The Morgan fingerprint density at radius 2 is 1.91 bits per heavy atom. The fourth-order valence-corrected chi connectivity index (χ4v) is 2.60. The maximum absolute atomic E-state index is 12.8. The van der Waals surface area contributed by atoms with Crippen LogP contribution in [0.2, 0.25) is 0 Å². The van der Waals surface area contributed by atoms with E-state index in [9.17, 15) is 19.1 Å². The summed E-state index contributed by atoms with van der Waals surface area (Å²) in [4.78, 5) is 23.5. The van der Waals surface area contributed by atoms with E-state index in [0.717, 1.165) is 5.56 Å². The first-order valence-electron chi connectivity index (χ1n) is 6.82. The molecule has 0 saturated heterocycles. The number of Topliss-reactive ketones (excluding diaryl/α,β-unsaturated/α-hetero) is 1. The van der Waals surface area contributed by atoms with Crippen molar-refractivity contribution in [3.63, 3.8) is 0 Å². The lowest BCUT2D eigenvalue weighted by Gasteiger charge is -2.10. The van der Waals surface area contributed by atoms with Crippen LogP contribution in [-0.2, 0) is 4.79 Å². The van der Waals surface area contributed by atoms with Gasteiger partial charge >= 0.3 is 0 Å². The van der Waals surface area contributed by atoms with Crippen molar-refractivity contribution in [3.8, 4) is 0 Å². The topological polar surface area (TPSA) is 66.4 Å². The number of nitrogens with one attached hydrogen (secondary N) is 1. The van der Waals surface area contributed by atoms with Gasteiger partial charge in [0.15, 0.2) is 5.78 Å². The fourth-order valence-electron chi connectivity index (χ4n) is 1.89. The number of halogens is 1. The summed E-state index contributed by atoms with van der Waals surface area (Å²) in [5.41, 5.74) is 1.14. The average Bonchev–Trinajstić information content (AvgIpc) is 3.05. The van der Waals surface area contributed by atoms with Crippen molar-refractivity contribution in [3.05, 3.63) is 58.0 Å². The number of aliphatic hydroxyl groups excluding tert-OH is 1. The van der Waals surface area contributed by atoms with Gasteiger partial charge in [-0.2, -0.15) is 11.3 Å². The van der Waals surface area contributed by atoms with Crippen LogP contribution in [0.1, 0.15) is 34.9 Å². The van der Waals surface area contributed by atoms with Crippen molar-refractivity contribution in [1.29, 1.82) is 0 Å². The van der Waals surface area contributed by atoms with E-state index in [1.165, 1.54) is 35.6 Å². The number of amides is 1. The molecule has 1 aromatic heterocycles. The van der Waals surface area contributed by atoms with Crippen LogP contribution in [0.25, 0.3) is 0 Å². The Balaban J connectivity index is 1.73. The highest BCUT2D eigenvalue weighted by molar-refractivity contribution is 7.07. The quantitative estimate of drug-likeness (QED) is 0.771. The Kier molecular flexibility index (Phi) is 5.80. The number of carbonyl (C=O) groups excluding carboxylic acids is 2. The van der Waals surface area contributed by atoms with Crippen LogP contribution in [0.4, 0.5) is 4.39 Å². The molecule has 4 nitrogen and oxygen atoms in total. The molecule has 1 aromatic carbocycles. The van der Waals surface area contributed by atoms with E-state index < -0.39 is 11.9 Å². The van der Waals surface area contributed by atoms with Crippen LogP contribution in [0.15, 0.2) is 41.1 Å². The minimum absolute atomic E-state index is 0.0343. The van der Waals surface area contributed by atoms with Gasteiger partial charge in [0, 0.05) is 24.9 Å². The number of hydrogen-bond donors (Lipinski definition) is 2. The van der Waals surface area contributed by atoms with Crippen molar-refractivity contribution in [1.82, 2.24) is 5.32 Å². The molecule has 116 valence electrons. The summed E-state index contributed by atoms with van der Waals surface area (Å²) in [6, 6.07) is 7.01. The number of rotatable bonds is 7. The lowest BCUT2D eigenvalue weighted by atomic mass is 10.1. The Morgan fingerprint density at radius 3 is 2.55 bits per heavy atom. The van der Waals surface area contributed by atoms with Crippen molar-refractivity contribution in [2.45, 2.75) is 18.9 Å². The van der Waals surface area contributed by atoms with Crippen molar-refractivity contribution < 1.29 is 19.1 Å². The van der Waals surface area contributed by atoms with Gasteiger partial charge in [0.1, 0.15) is 5.82 Å². The van der Waals surface area contributed by atoms with Gasteiger partial charge in [-0.05, 0) is 46.7 Å². The van der Waals surface area contributed by atoms with Crippen LogP contribution in [0, 0.1) is 5.82 Å². The average molecular weight is 321 g/mol. The molecule has 1 heterocycles. The molecule has 2 rings (SSSR count). The number of ketones is 1. The Hall–Kier alpha value is -2.05. The van der Waals surface area contributed by atoms with E-state index in [0.29, 0.717) is 5.56 Å². The highest BCUT2D eigenvalue weighted by atomic mass is 32.1. The molecule has 0 fully saturated rings. The monoisotopic (exact) mass is 321 g/mol. The number of aliphatic hydroxyl groups is 1. The predicted molar refractivity (Wildman–Crippen MR) is 82.3 cm³/mol. The molecule has 1 unspecified atom stereocenters. The fraction of sp³-hybridized carbons (Fsp3) is 0.250. The second-order valence-electron chi connectivity index (χ2n) is 4.81. The van der Waals surface area contributed by atoms with E-state index in [-0.39, 0.29) is 31.1 Å². The molecular formula is C16H16FNO3S. The third-order valence-electron chi connectivity index (χ3n) is 3.17. The van der Waals surface area contributed by atoms with Gasteiger partial charge in [0.2, 0.25) is 5.91 Å². The molecule has 2 aromatic rings. The van der Waals surface area contributed by atoms with Gasteiger partial charge in [-0.15, -0.1) is 0 Å². The molecule has 0 aliphatic rings. The number of thiophene rings is 1. The summed E-state index contributed by atoms with van der Waals surface area (Å²) >= 11 is 1.47. The summed E-state index contributed by atoms with van der Waals surface area (Å²) in [7, 11) is 0. The second-order valence-corrected chi connectivity index (χ2v) is 5.59. The van der Waals surface area contributed by atoms with E-state index in [1.807, 2.05) is 10.8 Å². The molecule has 0 bridgehead atoms. The first kappa shape index (κ1) is 16.3. The molecule has 0 aliphatic heterocycles. The Morgan fingerprint density at radius 1 is 1.18 bits per heavy atom. The van der Waals surface area contributed by atoms with E-state index in [1.54, 1.807) is 6.07 Å². The normalized spacial score (nSPS) is 11.9. The molecule has 0 radical (unpaired) electrons. The van der Waals surface area contributed by atoms with Crippen LogP contribution in [0.5, 0.6) is 0 Å². The molecule has 6 heteroatoms. The van der Waals surface area contributed by atoms with Crippen LogP contribution in [0.3, 0.4) is 0 Å². The third-order valence-corrected chi connectivity index (χ3v) is 3.87. The molecule has 1 atom stereocenters. The smallest absolute Gasteiger partial charge is 0.220 e. The lowest BCUT2D eigenvalue weighted by molar-refractivity contribution is -0.121. The maximum Gasteiger partial charge on any atom is 0.220 e. The van der Waals surface area contributed by atoms with Gasteiger partial charge in [-0.1, -0.05) is 0 Å². The van der Waals surface area contributed by atoms with Crippen molar-refractivity contribution in [2.24, 2.45) is 0 Å². The van der Waals surface area contributed by atoms with Gasteiger partial charge in [-0.25, -0.2) is 4.39 Å².